The lowest BCUT2D eigenvalue weighted by molar-refractivity contribution is -0.122. The smallest absolute Gasteiger partial charge is 0.387 e. The van der Waals surface area contributed by atoms with E-state index >= 15 is 0 Å². The van der Waals surface area contributed by atoms with Crippen molar-refractivity contribution >= 4 is 13.7 Å². The van der Waals surface area contributed by atoms with Crippen LogP contribution in [-0.2, 0) is 13.9 Å². The summed E-state index contributed by atoms with van der Waals surface area (Å²) in [6.07, 6.45) is 51.0. The number of hydrogen-bond acceptors (Lipinski definition) is 4. The van der Waals surface area contributed by atoms with E-state index in [-0.39, 0.29) is 12.3 Å². The molecule has 0 saturated carbocycles. The average Bonchev–Trinajstić information content (AvgIpc) is 3.10. The van der Waals surface area contributed by atoms with Gasteiger partial charge in [0.05, 0.1) is 18.8 Å². The van der Waals surface area contributed by atoms with Gasteiger partial charge in [-0.15, -0.1) is 0 Å². The first kappa shape index (κ1) is 49.2. The van der Waals surface area contributed by atoms with E-state index < -0.39 is 26.6 Å². The third-order valence-corrected chi connectivity index (χ3v) is 9.46. The summed E-state index contributed by atoms with van der Waals surface area (Å²) in [6, 6.07) is -0.941. The topological polar surface area (TPSA) is 116 Å². The minimum Gasteiger partial charge on any atom is -0.387 e. The number of nitrogens with one attached hydrogen (secondary N) is 1. The van der Waals surface area contributed by atoms with E-state index in [4.69, 9.17) is 9.79 Å². The third-order valence-electron chi connectivity index (χ3n) is 8.97. The first-order valence-corrected chi connectivity index (χ1v) is 22.3. The zero-order valence-corrected chi connectivity index (χ0v) is 33.6. The van der Waals surface area contributed by atoms with E-state index in [1.807, 2.05) is 6.08 Å². The molecule has 0 spiro atoms. The van der Waals surface area contributed by atoms with Gasteiger partial charge in [-0.2, -0.15) is 0 Å². The van der Waals surface area contributed by atoms with Crippen molar-refractivity contribution in [2.24, 2.45) is 0 Å². The number of unbranched alkanes of at least 4 members (excludes halogenated alkanes) is 20. The van der Waals surface area contributed by atoms with Gasteiger partial charge in [-0.25, -0.2) is 4.57 Å². The number of phosphoric ester groups is 1. The number of amides is 1. The van der Waals surface area contributed by atoms with Crippen LogP contribution >= 0.6 is 7.82 Å². The summed E-state index contributed by atoms with van der Waals surface area (Å²) in [5.41, 5.74) is 0. The Balaban J connectivity index is 4.11. The number of phosphoric acid groups is 1. The van der Waals surface area contributed by atoms with Gasteiger partial charge in [0.1, 0.15) is 0 Å². The Hall–Kier alpha value is -1.76. The van der Waals surface area contributed by atoms with Gasteiger partial charge in [-0.3, -0.25) is 9.32 Å². The maximum Gasteiger partial charge on any atom is 0.469 e. The Morgan fingerprint density at radius 1 is 0.569 bits per heavy atom. The van der Waals surface area contributed by atoms with E-state index in [1.54, 1.807) is 6.08 Å². The quantitative estimate of drug-likeness (QED) is 0.0287. The minimum atomic E-state index is -4.73. The van der Waals surface area contributed by atoms with Gasteiger partial charge >= 0.3 is 7.82 Å². The van der Waals surface area contributed by atoms with Crippen molar-refractivity contribution in [3.63, 3.8) is 0 Å². The number of hydrogen-bond donors (Lipinski definition) is 4. The van der Waals surface area contributed by atoms with Gasteiger partial charge in [0, 0.05) is 6.42 Å². The molecule has 0 aromatic rings. The molecule has 8 heteroatoms. The molecule has 0 aliphatic carbocycles. The van der Waals surface area contributed by atoms with Crippen molar-refractivity contribution in [3.05, 3.63) is 60.8 Å². The lowest BCUT2D eigenvalue weighted by atomic mass is 10.0. The number of carbonyl (C=O) groups excluding carboxylic acids is 1. The maximum atomic E-state index is 12.5. The van der Waals surface area contributed by atoms with Crippen LogP contribution in [0.1, 0.15) is 187 Å². The van der Waals surface area contributed by atoms with Gasteiger partial charge in [0.2, 0.25) is 5.91 Å². The van der Waals surface area contributed by atoms with Gasteiger partial charge in [-0.1, -0.05) is 184 Å². The van der Waals surface area contributed by atoms with Gasteiger partial charge in [-0.05, 0) is 57.8 Å². The normalized spacial score (nSPS) is 13.9. The molecule has 2 atom stereocenters. The Morgan fingerprint density at radius 2 is 0.941 bits per heavy atom. The number of carbonyl (C=O) groups is 1. The van der Waals surface area contributed by atoms with Crippen LogP contribution in [0, 0.1) is 0 Å². The zero-order chi connectivity index (χ0) is 37.5. The van der Waals surface area contributed by atoms with Gasteiger partial charge in [0.15, 0.2) is 0 Å². The van der Waals surface area contributed by atoms with Crippen LogP contribution in [0.3, 0.4) is 0 Å². The molecule has 4 N–H and O–H groups in total. The highest BCUT2D eigenvalue weighted by Gasteiger charge is 2.24. The van der Waals surface area contributed by atoms with Crippen LogP contribution < -0.4 is 5.32 Å². The van der Waals surface area contributed by atoms with Crippen LogP contribution in [0.4, 0.5) is 0 Å². The second-order valence-corrected chi connectivity index (χ2v) is 15.2. The van der Waals surface area contributed by atoms with Crippen LogP contribution in [0.25, 0.3) is 0 Å². The van der Waals surface area contributed by atoms with E-state index in [2.05, 4.69) is 72.3 Å². The highest BCUT2D eigenvalue weighted by atomic mass is 31.2. The number of aliphatic hydroxyl groups is 1. The molecule has 0 heterocycles. The fourth-order valence-electron chi connectivity index (χ4n) is 5.80. The summed E-state index contributed by atoms with van der Waals surface area (Å²) >= 11 is 0. The Labute approximate surface area is 313 Å². The van der Waals surface area contributed by atoms with Gasteiger partial charge in [0.25, 0.3) is 0 Å². The van der Waals surface area contributed by atoms with Crippen molar-refractivity contribution in [2.75, 3.05) is 6.61 Å². The summed E-state index contributed by atoms with van der Waals surface area (Å²) in [7, 11) is -4.73. The zero-order valence-electron chi connectivity index (χ0n) is 32.7. The lowest BCUT2D eigenvalue weighted by Gasteiger charge is -2.22. The Bertz CT molecular complexity index is 970. The summed E-state index contributed by atoms with van der Waals surface area (Å²) in [5, 5.41) is 13.3. The number of allylic oxidation sites excluding steroid dienone is 9. The molecule has 1 amide bonds. The summed E-state index contributed by atoms with van der Waals surface area (Å²) in [5.74, 6) is -0.282. The predicted molar refractivity (Wildman–Crippen MR) is 218 cm³/mol. The molecular formula is C43H78NO6P. The molecule has 0 unspecified atom stereocenters. The van der Waals surface area contributed by atoms with Crippen molar-refractivity contribution < 1.29 is 28.8 Å². The predicted octanol–water partition coefficient (Wildman–Crippen LogP) is 12.3. The first-order valence-electron chi connectivity index (χ1n) is 20.7. The molecule has 7 nitrogen and oxygen atoms in total. The molecule has 296 valence electrons. The lowest BCUT2D eigenvalue weighted by Crippen LogP contribution is -2.45. The van der Waals surface area contributed by atoms with Crippen LogP contribution in [-0.4, -0.2) is 39.6 Å². The number of rotatable bonds is 37. The second-order valence-electron chi connectivity index (χ2n) is 14.0. The number of aliphatic hydroxyl groups excluding tert-OH is 1. The van der Waals surface area contributed by atoms with Crippen LogP contribution in [0.2, 0.25) is 0 Å². The van der Waals surface area contributed by atoms with Crippen LogP contribution in [0.15, 0.2) is 60.8 Å². The molecule has 0 fully saturated rings. The largest absolute Gasteiger partial charge is 0.469 e. The van der Waals surface area contributed by atoms with E-state index in [9.17, 15) is 14.5 Å². The summed E-state index contributed by atoms with van der Waals surface area (Å²) in [6.45, 7) is 4.03. The highest BCUT2D eigenvalue weighted by molar-refractivity contribution is 7.46. The molecular weight excluding hydrogens is 657 g/mol. The SMILES string of the molecule is CCCCCCCCC/C=C\C/C=C\C/C=C\C/C=C\CCCC(=O)N[C@@H](COP(=O)(O)O)[C@H](O)/C=C/CCCCCCCCCCCCCC. The monoisotopic (exact) mass is 736 g/mol. The second kappa shape index (κ2) is 38.0. The molecule has 0 bridgehead atoms. The Morgan fingerprint density at radius 3 is 1.37 bits per heavy atom. The highest BCUT2D eigenvalue weighted by Crippen LogP contribution is 2.35. The van der Waals surface area contributed by atoms with Crippen molar-refractivity contribution in [1.29, 1.82) is 0 Å². The molecule has 0 aliphatic rings. The molecule has 0 aromatic heterocycles. The van der Waals surface area contributed by atoms with Crippen molar-refractivity contribution in [3.8, 4) is 0 Å². The molecule has 0 radical (unpaired) electrons. The molecule has 0 aromatic carbocycles. The molecule has 51 heavy (non-hydrogen) atoms. The van der Waals surface area contributed by atoms with E-state index in [1.165, 1.54) is 116 Å². The average molecular weight is 736 g/mol. The standard InChI is InChI=1S/C43H78NO6P/c1-3-5-7-9-11-13-15-17-19-20-21-22-23-24-25-27-29-31-33-35-37-39-43(46)44-41(40-50-51(47,48)49)42(45)38-36-34-32-30-28-26-18-16-14-12-10-8-6-4-2/h19-20,22-23,25,27,31,33,36,38,41-42,45H,3-18,21,24,26,28-30,32,34-35,37,39-40H2,1-2H3,(H,44,46)(H2,47,48,49)/b20-19-,23-22-,27-25-,33-31-,38-36+/t41-,42+/m0/s1. The Kier molecular flexibility index (Phi) is 36.7. The van der Waals surface area contributed by atoms with E-state index in [0.29, 0.717) is 6.42 Å². The van der Waals surface area contributed by atoms with Gasteiger partial charge < -0.3 is 20.2 Å². The minimum absolute atomic E-state index is 0.250. The summed E-state index contributed by atoms with van der Waals surface area (Å²) < 4.78 is 15.9. The molecule has 0 aliphatic heterocycles. The van der Waals surface area contributed by atoms with Crippen LogP contribution in [0.5, 0.6) is 0 Å². The van der Waals surface area contributed by atoms with Crippen molar-refractivity contribution in [2.45, 2.75) is 199 Å². The fourth-order valence-corrected chi connectivity index (χ4v) is 6.16. The maximum absolute atomic E-state index is 12.5. The fraction of sp³-hybridized carbons (Fsp3) is 0.744. The van der Waals surface area contributed by atoms with E-state index in [0.717, 1.165) is 44.9 Å². The molecule has 0 saturated heterocycles. The summed E-state index contributed by atoms with van der Waals surface area (Å²) in [4.78, 5) is 30.8. The third kappa shape index (κ3) is 39.3. The van der Waals surface area contributed by atoms with Crippen molar-refractivity contribution in [1.82, 2.24) is 5.32 Å². The first-order chi connectivity index (χ1) is 24.8. The molecule has 0 rings (SSSR count).